The van der Waals surface area contributed by atoms with Gasteiger partial charge in [-0.05, 0) is 66.8 Å². The predicted molar refractivity (Wildman–Crippen MR) is 162 cm³/mol. The standard InChI is InChI=1S/C30H34N2O6S2/c1-18-14-19(2)17-31(16-18)30(39)40-25-15-26(34)32(29(25)35)22-10-6-20(7-11-22)23(33)12-8-21-9-13-24(36-3)28(38-5)27(21)37-4/h6-13,18-19,25H,14-17H2,1-5H3/b12-8+/t18-,19+,25-/m1/s1. The third kappa shape index (κ3) is 6.33. The molecule has 2 saturated heterocycles. The summed E-state index contributed by atoms with van der Waals surface area (Å²) < 4.78 is 16.8. The fourth-order valence-corrected chi connectivity index (χ4v) is 6.74. The second-order valence-electron chi connectivity index (χ2n) is 10.2. The van der Waals surface area contributed by atoms with E-state index in [1.165, 1.54) is 44.1 Å². The van der Waals surface area contributed by atoms with Crippen molar-refractivity contribution in [3.05, 3.63) is 53.6 Å². The average molecular weight is 583 g/mol. The Labute approximate surface area is 244 Å². The zero-order valence-corrected chi connectivity index (χ0v) is 25.0. The lowest BCUT2D eigenvalue weighted by atomic mass is 9.92. The molecule has 0 unspecified atom stereocenters. The van der Waals surface area contributed by atoms with E-state index in [0.717, 1.165) is 19.5 Å². The summed E-state index contributed by atoms with van der Waals surface area (Å²) in [6.07, 6.45) is 4.33. The third-order valence-corrected chi connectivity index (χ3v) is 8.69. The maximum absolute atomic E-state index is 13.2. The first kappa shape index (κ1) is 29.6. The lowest BCUT2D eigenvalue weighted by Crippen LogP contribution is -2.41. The van der Waals surface area contributed by atoms with Crippen molar-refractivity contribution in [3.63, 3.8) is 0 Å². The van der Waals surface area contributed by atoms with Gasteiger partial charge in [0.15, 0.2) is 17.3 Å². The zero-order valence-electron chi connectivity index (χ0n) is 23.3. The monoisotopic (exact) mass is 582 g/mol. The highest BCUT2D eigenvalue weighted by Gasteiger charge is 2.41. The second-order valence-corrected chi connectivity index (χ2v) is 12.0. The van der Waals surface area contributed by atoms with E-state index in [4.69, 9.17) is 26.4 Å². The first-order chi connectivity index (χ1) is 19.2. The number of carbonyl (C=O) groups is 3. The van der Waals surface area contributed by atoms with E-state index in [1.54, 1.807) is 42.5 Å². The Balaban J connectivity index is 1.43. The minimum absolute atomic E-state index is 0.0964. The number of hydrogen-bond acceptors (Lipinski definition) is 8. The molecule has 0 saturated carbocycles. The number of methoxy groups -OCH3 is 3. The van der Waals surface area contributed by atoms with E-state index in [2.05, 4.69) is 18.7 Å². The SMILES string of the molecule is COc1ccc(/C=C/C(=O)c2ccc(N3C(=O)C[C@@H](SC(=S)N4C[C@H](C)C[C@H](C)C4)C3=O)cc2)c(OC)c1OC. The number of nitrogens with zero attached hydrogens (tertiary/aromatic N) is 2. The smallest absolute Gasteiger partial charge is 0.247 e. The van der Waals surface area contributed by atoms with Gasteiger partial charge in [-0.3, -0.25) is 14.4 Å². The van der Waals surface area contributed by atoms with Gasteiger partial charge >= 0.3 is 0 Å². The van der Waals surface area contributed by atoms with Crippen LogP contribution in [0.5, 0.6) is 17.2 Å². The molecule has 2 heterocycles. The van der Waals surface area contributed by atoms with Crippen LogP contribution in [0.2, 0.25) is 0 Å². The number of anilines is 1. The Morgan fingerprint density at radius 2 is 1.60 bits per heavy atom. The summed E-state index contributed by atoms with van der Waals surface area (Å²) in [7, 11) is 4.57. The molecule has 0 bridgehead atoms. The number of ketones is 1. The van der Waals surface area contributed by atoms with Crippen molar-refractivity contribution in [1.82, 2.24) is 4.90 Å². The first-order valence-electron chi connectivity index (χ1n) is 13.1. The first-order valence-corrected chi connectivity index (χ1v) is 14.4. The van der Waals surface area contributed by atoms with Crippen LogP contribution in [0.15, 0.2) is 42.5 Å². The summed E-state index contributed by atoms with van der Waals surface area (Å²) in [4.78, 5) is 42.2. The molecule has 4 rings (SSSR count). The van der Waals surface area contributed by atoms with E-state index in [9.17, 15) is 14.4 Å². The van der Waals surface area contributed by atoms with Gasteiger partial charge in [-0.25, -0.2) is 4.90 Å². The van der Waals surface area contributed by atoms with E-state index < -0.39 is 5.25 Å². The summed E-state index contributed by atoms with van der Waals surface area (Å²) in [5.74, 6) is 1.67. The summed E-state index contributed by atoms with van der Waals surface area (Å²) in [5, 5.41) is -0.548. The molecule has 2 aromatic rings. The molecule has 0 aromatic heterocycles. The largest absolute Gasteiger partial charge is 0.493 e. The van der Waals surface area contributed by atoms with Crippen molar-refractivity contribution in [2.24, 2.45) is 11.8 Å². The van der Waals surface area contributed by atoms with Crippen LogP contribution in [0.4, 0.5) is 5.69 Å². The molecule has 0 N–H and O–H groups in total. The van der Waals surface area contributed by atoms with Crippen LogP contribution in [0.3, 0.4) is 0 Å². The van der Waals surface area contributed by atoms with Crippen LogP contribution in [0.25, 0.3) is 6.08 Å². The van der Waals surface area contributed by atoms with E-state index in [1.807, 2.05) is 0 Å². The number of allylic oxidation sites excluding steroid dienone is 1. The van der Waals surface area contributed by atoms with Crippen molar-refractivity contribution < 1.29 is 28.6 Å². The quantitative estimate of drug-likeness (QED) is 0.180. The fraction of sp³-hybridized carbons (Fsp3) is 0.400. The highest BCUT2D eigenvalue weighted by molar-refractivity contribution is 8.23. The zero-order chi connectivity index (χ0) is 29.0. The fourth-order valence-electron chi connectivity index (χ4n) is 5.27. The van der Waals surface area contributed by atoms with Gasteiger partial charge in [0, 0.05) is 30.6 Å². The van der Waals surface area contributed by atoms with Crippen LogP contribution in [0.1, 0.15) is 42.6 Å². The molecule has 40 heavy (non-hydrogen) atoms. The van der Waals surface area contributed by atoms with Gasteiger partial charge in [-0.15, -0.1) is 0 Å². The molecular weight excluding hydrogens is 548 g/mol. The topological polar surface area (TPSA) is 85.4 Å². The summed E-state index contributed by atoms with van der Waals surface area (Å²) >= 11 is 6.96. The van der Waals surface area contributed by atoms with Crippen molar-refractivity contribution in [3.8, 4) is 17.2 Å². The van der Waals surface area contributed by atoms with Gasteiger partial charge in [-0.1, -0.05) is 37.8 Å². The number of thiocarbonyl (C=S) groups is 1. The minimum atomic E-state index is -0.548. The molecule has 0 spiro atoms. The van der Waals surface area contributed by atoms with Gasteiger partial charge in [0.2, 0.25) is 17.6 Å². The molecule has 2 fully saturated rings. The lowest BCUT2D eigenvalue weighted by Gasteiger charge is -2.36. The molecule has 8 nitrogen and oxygen atoms in total. The molecule has 0 aliphatic carbocycles. The third-order valence-electron chi connectivity index (χ3n) is 7.03. The van der Waals surface area contributed by atoms with Crippen LogP contribution in [-0.2, 0) is 9.59 Å². The molecule has 2 aliphatic heterocycles. The minimum Gasteiger partial charge on any atom is -0.493 e. The maximum Gasteiger partial charge on any atom is 0.247 e. The van der Waals surface area contributed by atoms with E-state index in [0.29, 0.717) is 50.2 Å². The van der Waals surface area contributed by atoms with Gasteiger partial charge in [0.1, 0.15) is 9.57 Å². The Morgan fingerprint density at radius 1 is 0.950 bits per heavy atom. The highest BCUT2D eigenvalue weighted by Crippen LogP contribution is 2.40. The van der Waals surface area contributed by atoms with Crippen LogP contribution >= 0.6 is 24.0 Å². The Kier molecular flexibility index (Phi) is 9.52. The van der Waals surface area contributed by atoms with Crippen molar-refractivity contribution in [2.75, 3.05) is 39.3 Å². The van der Waals surface area contributed by atoms with Crippen LogP contribution < -0.4 is 19.1 Å². The number of carbonyl (C=O) groups excluding carboxylic acids is 3. The van der Waals surface area contributed by atoms with Gasteiger partial charge in [0.05, 0.1) is 27.0 Å². The van der Waals surface area contributed by atoms with Gasteiger partial charge in [0.25, 0.3) is 0 Å². The number of rotatable bonds is 8. The van der Waals surface area contributed by atoms with Crippen molar-refractivity contribution >= 4 is 57.7 Å². The number of imide groups is 1. The Morgan fingerprint density at radius 3 is 2.20 bits per heavy atom. The normalized spacial score (nSPS) is 21.2. The number of piperidine rings is 1. The average Bonchev–Trinajstić information content (AvgIpc) is 3.22. The molecule has 10 heteroatoms. The molecule has 212 valence electrons. The van der Waals surface area contributed by atoms with Crippen LogP contribution in [0, 0.1) is 11.8 Å². The summed E-state index contributed by atoms with van der Waals surface area (Å²) in [6, 6.07) is 9.95. The number of likely N-dealkylation sites (tertiary alicyclic amines) is 1. The molecule has 2 aliphatic rings. The second kappa shape index (κ2) is 12.9. The summed E-state index contributed by atoms with van der Waals surface area (Å²) in [6.45, 7) is 6.16. The van der Waals surface area contributed by atoms with Crippen LogP contribution in [-0.4, -0.2) is 66.5 Å². The molecule has 2 amide bonds. The number of thioether (sulfide) groups is 1. The van der Waals surface area contributed by atoms with Crippen molar-refractivity contribution in [2.45, 2.75) is 31.9 Å². The number of amides is 2. The predicted octanol–water partition coefficient (Wildman–Crippen LogP) is 5.24. The molecule has 0 radical (unpaired) electrons. The Hall–Kier alpha value is -3.37. The Bertz CT molecular complexity index is 1320. The number of hydrogen-bond donors (Lipinski definition) is 0. The maximum atomic E-state index is 13.2. The summed E-state index contributed by atoms with van der Waals surface area (Å²) in [5.41, 5.74) is 1.50. The van der Waals surface area contributed by atoms with Crippen molar-refractivity contribution in [1.29, 1.82) is 0 Å². The van der Waals surface area contributed by atoms with E-state index >= 15 is 0 Å². The number of benzene rings is 2. The van der Waals surface area contributed by atoms with Gasteiger partial charge in [-0.2, -0.15) is 0 Å². The van der Waals surface area contributed by atoms with E-state index in [-0.39, 0.29) is 24.0 Å². The molecule has 2 aromatic carbocycles. The highest BCUT2D eigenvalue weighted by atomic mass is 32.2. The lowest BCUT2D eigenvalue weighted by molar-refractivity contribution is -0.121. The van der Waals surface area contributed by atoms with Gasteiger partial charge < -0.3 is 19.1 Å². The molecule has 3 atom stereocenters. The molecular formula is C30H34N2O6S2. The number of ether oxygens (including phenoxy) is 3.